The summed E-state index contributed by atoms with van der Waals surface area (Å²) in [4.78, 5) is 22.9. The number of amides is 1. The van der Waals surface area contributed by atoms with Crippen LogP contribution >= 0.6 is 12.6 Å². The average Bonchev–Trinajstić information content (AvgIpc) is 2.23. The van der Waals surface area contributed by atoms with Gasteiger partial charge in [-0.2, -0.15) is 12.6 Å². The van der Waals surface area contributed by atoms with Crippen LogP contribution in [0.3, 0.4) is 0 Å². The Morgan fingerprint density at radius 1 is 1.39 bits per heavy atom. The van der Waals surface area contributed by atoms with E-state index < -0.39 is 22.7 Å². The molecule has 0 bridgehead atoms. The summed E-state index contributed by atoms with van der Waals surface area (Å²) in [5.74, 6) is -1.79. The summed E-state index contributed by atoms with van der Waals surface area (Å²) in [5.41, 5.74) is 0.193. The topological polar surface area (TPSA) is 86.6 Å². The lowest BCUT2D eigenvalue weighted by Crippen LogP contribution is -2.51. The first kappa shape index (κ1) is 14.4. The SMILES string of the molecule is CC(C)(S)C(NC(=O)c1cccc(O)c1)C(=O)O. The maximum atomic E-state index is 11.8. The molecule has 0 saturated heterocycles. The van der Waals surface area contributed by atoms with Crippen LogP contribution in [0.2, 0.25) is 0 Å². The molecule has 3 N–H and O–H groups in total. The van der Waals surface area contributed by atoms with E-state index >= 15 is 0 Å². The van der Waals surface area contributed by atoms with Crippen molar-refractivity contribution in [3.8, 4) is 5.75 Å². The van der Waals surface area contributed by atoms with Gasteiger partial charge < -0.3 is 15.5 Å². The molecule has 1 amide bonds. The average molecular weight is 269 g/mol. The number of carboxylic acid groups (broad SMARTS) is 1. The fourth-order valence-electron chi connectivity index (χ4n) is 1.40. The predicted octanol–water partition coefficient (Wildman–Crippen LogP) is 1.28. The second-order valence-electron chi connectivity index (χ2n) is 4.45. The Labute approximate surface area is 110 Å². The van der Waals surface area contributed by atoms with E-state index in [1.54, 1.807) is 13.8 Å². The summed E-state index contributed by atoms with van der Waals surface area (Å²) in [7, 11) is 0. The number of hydrogen-bond donors (Lipinski definition) is 4. The highest BCUT2D eigenvalue weighted by atomic mass is 32.1. The molecule has 0 aromatic heterocycles. The van der Waals surface area contributed by atoms with Gasteiger partial charge >= 0.3 is 5.97 Å². The van der Waals surface area contributed by atoms with Gasteiger partial charge in [0.1, 0.15) is 11.8 Å². The van der Waals surface area contributed by atoms with Gasteiger partial charge in [-0.1, -0.05) is 6.07 Å². The van der Waals surface area contributed by atoms with E-state index in [1.807, 2.05) is 0 Å². The molecule has 1 aromatic rings. The number of hydrogen-bond acceptors (Lipinski definition) is 4. The Balaban J connectivity index is 2.89. The van der Waals surface area contributed by atoms with Crippen LogP contribution in [0.4, 0.5) is 0 Å². The van der Waals surface area contributed by atoms with Gasteiger partial charge in [-0.3, -0.25) is 4.79 Å². The normalized spacial score (nSPS) is 12.8. The highest BCUT2D eigenvalue weighted by molar-refractivity contribution is 7.81. The number of thiol groups is 1. The molecule has 0 spiro atoms. The lowest BCUT2D eigenvalue weighted by Gasteiger charge is -2.26. The van der Waals surface area contributed by atoms with Crippen LogP contribution in [0, 0.1) is 0 Å². The van der Waals surface area contributed by atoms with Crippen LogP contribution in [0.25, 0.3) is 0 Å². The highest BCUT2D eigenvalue weighted by Gasteiger charge is 2.33. The third kappa shape index (κ3) is 3.66. The van der Waals surface area contributed by atoms with Gasteiger partial charge in [-0.25, -0.2) is 4.79 Å². The monoisotopic (exact) mass is 269 g/mol. The van der Waals surface area contributed by atoms with Crippen molar-refractivity contribution >= 4 is 24.5 Å². The number of benzene rings is 1. The number of aliphatic carboxylic acids is 1. The molecule has 1 unspecified atom stereocenters. The predicted molar refractivity (Wildman–Crippen MR) is 70.1 cm³/mol. The van der Waals surface area contributed by atoms with Crippen LogP contribution in [0.1, 0.15) is 24.2 Å². The third-order valence-corrected chi connectivity index (χ3v) is 2.60. The molecule has 0 aliphatic carbocycles. The van der Waals surface area contributed by atoms with Crippen LogP contribution in [0.5, 0.6) is 5.75 Å². The summed E-state index contributed by atoms with van der Waals surface area (Å²) in [6, 6.07) is 4.55. The maximum Gasteiger partial charge on any atom is 0.327 e. The van der Waals surface area contributed by atoms with E-state index in [0.717, 1.165) is 0 Å². The Morgan fingerprint density at radius 2 is 2.00 bits per heavy atom. The number of nitrogens with one attached hydrogen (secondary N) is 1. The lowest BCUT2D eigenvalue weighted by molar-refractivity contribution is -0.139. The van der Waals surface area contributed by atoms with Crippen molar-refractivity contribution in [3.05, 3.63) is 29.8 Å². The number of aromatic hydroxyl groups is 1. The van der Waals surface area contributed by atoms with Gasteiger partial charge in [0.15, 0.2) is 0 Å². The van der Waals surface area contributed by atoms with E-state index in [4.69, 9.17) is 5.11 Å². The molecule has 0 aliphatic heterocycles. The Hall–Kier alpha value is -1.69. The summed E-state index contributed by atoms with van der Waals surface area (Å²) >= 11 is 4.15. The first-order valence-corrected chi connectivity index (χ1v) is 5.71. The number of carbonyl (C=O) groups is 2. The highest BCUT2D eigenvalue weighted by Crippen LogP contribution is 2.19. The number of carboxylic acids is 1. The fourth-order valence-corrected chi connectivity index (χ4v) is 1.58. The van der Waals surface area contributed by atoms with Crippen molar-refractivity contribution in [1.29, 1.82) is 0 Å². The van der Waals surface area contributed by atoms with Crippen LogP contribution in [0.15, 0.2) is 24.3 Å². The molecular weight excluding hydrogens is 254 g/mol. The Kier molecular flexibility index (Phi) is 4.24. The summed E-state index contributed by atoms with van der Waals surface area (Å²) in [5, 5.41) is 20.7. The molecule has 0 aliphatic rings. The molecule has 98 valence electrons. The smallest absolute Gasteiger partial charge is 0.327 e. The molecule has 1 atom stereocenters. The van der Waals surface area contributed by atoms with Gasteiger partial charge in [-0.15, -0.1) is 0 Å². The fraction of sp³-hybridized carbons (Fsp3) is 0.333. The zero-order chi connectivity index (χ0) is 13.9. The van der Waals surface area contributed by atoms with E-state index in [-0.39, 0.29) is 11.3 Å². The molecule has 0 fully saturated rings. The molecular formula is C12H15NO4S. The largest absolute Gasteiger partial charge is 0.508 e. The molecule has 0 heterocycles. The number of carbonyl (C=O) groups excluding carboxylic acids is 1. The zero-order valence-electron chi connectivity index (χ0n) is 10.0. The van der Waals surface area contributed by atoms with Gasteiger partial charge in [0, 0.05) is 10.3 Å². The van der Waals surface area contributed by atoms with Crippen LogP contribution in [-0.2, 0) is 4.79 Å². The van der Waals surface area contributed by atoms with Crippen molar-refractivity contribution in [1.82, 2.24) is 5.32 Å². The zero-order valence-corrected chi connectivity index (χ0v) is 10.9. The van der Waals surface area contributed by atoms with Crippen molar-refractivity contribution < 1.29 is 19.8 Å². The van der Waals surface area contributed by atoms with Crippen LogP contribution in [-0.4, -0.2) is 32.9 Å². The number of phenols is 1. The maximum absolute atomic E-state index is 11.8. The first-order chi connectivity index (χ1) is 8.21. The second kappa shape index (κ2) is 5.30. The molecule has 0 radical (unpaired) electrons. The quantitative estimate of drug-likeness (QED) is 0.620. The van der Waals surface area contributed by atoms with Crippen molar-refractivity contribution in [3.63, 3.8) is 0 Å². The molecule has 6 heteroatoms. The Bertz CT molecular complexity index is 467. The van der Waals surface area contributed by atoms with Crippen molar-refractivity contribution in [2.24, 2.45) is 0 Å². The minimum Gasteiger partial charge on any atom is -0.508 e. The van der Waals surface area contributed by atoms with E-state index in [2.05, 4.69) is 17.9 Å². The molecule has 5 nitrogen and oxygen atoms in total. The minimum atomic E-state index is -1.16. The van der Waals surface area contributed by atoms with Gasteiger partial charge in [0.05, 0.1) is 0 Å². The standard InChI is InChI=1S/C12H15NO4S/c1-12(2,18)9(11(16)17)13-10(15)7-4-3-5-8(14)6-7/h3-6,9,14,18H,1-2H3,(H,13,15)(H,16,17). The second-order valence-corrected chi connectivity index (χ2v) is 5.60. The van der Waals surface area contributed by atoms with E-state index in [9.17, 15) is 14.7 Å². The van der Waals surface area contributed by atoms with Crippen molar-refractivity contribution in [2.45, 2.75) is 24.6 Å². The van der Waals surface area contributed by atoms with Crippen LogP contribution < -0.4 is 5.32 Å². The minimum absolute atomic E-state index is 0.0559. The number of phenolic OH excluding ortho intramolecular Hbond substituents is 1. The van der Waals surface area contributed by atoms with Gasteiger partial charge in [-0.05, 0) is 32.0 Å². The third-order valence-electron chi connectivity index (χ3n) is 2.34. The molecule has 0 saturated carbocycles. The van der Waals surface area contributed by atoms with Gasteiger partial charge in [0.25, 0.3) is 5.91 Å². The van der Waals surface area contributed by atoms with E-state index in [0.29, 0.717) is 0 Å². The molecule has 1 rings (SSSR count). The summed E-state index contributed by atoms with van der Waals surface area (Å²) in [6.07, 6.45) is 0. The first-order valence-electron chi connectivity index (χ1n) is 5.27. The summed E-state index contributed by atoms with van der Waals surface area (Å²) < 4.78 is -0.904. The van der Waals surface area contributed by atoms with Gasteiger partial charge in [0.2, 0.25) is 0 Å². The van der Waals surface area contributed by atoms with Crippen molar-refractivity contribution in [2.75, 3.05) is 0 Å². The van der Waals surface area contributed by atoms with E-state index in [1.165, 1.54) is 24.3 Å². The Morgan fingerprint density at radius 3 is 2.44 bits per heavy atom. The summed E-state index contributed by atoms with van der Waals surface area (Å²) in [6.45, 7) is 3.19. The number of rotatable bonds is 4. The molecule has 1 aromatic carbocycles. The molecule has 18 heavy (non-hydrogen) atoms. The lowest BCUT2D eigenvalue weighted by atomic mass is 10.0.